The zero-order valence-corrected chi connectivity index (χ0v) is 13.3. The van der Waals surface area contributed by atoms with Crippen LogP contribution in [0, 0.1) is 17.0 Å². The predicted molar refractivity (Wildman–Crippen MR) is 90.7 cm³/mol. The van der Waals surface area contributed by atoms with Crippen molar-refractivity contribution in [1.82, 2.24) is 0 Å². The van der Waals surface area contributed by atoms with Crippen LogP contribution in [0.15, 0.2) is 42.5 Å². The van der Waals surface area contributed by atoms with E-state index in [-0.39, 0.29) is 28.8 Å². The maximum atomic E-state index is 11.9. The van der Waals surface area contributed by atoms with Gasteiger partial charge >= 0.3 is 0 Å². The molecule has 2 aromatic carbocycles. The van der Waals surface area contributed by atoms with E-state index in [1.54, 1.807) is 0 Å². The zero-order chi connectivity index (χ0) is 16.8. The number of benzene rings is 2. The second-order valence-electron chi connectivity index (χ2n) is 4.99. The summed E-state index contributed by atoms with van der Waals surface area (Å²) < 4.78 is 0. The van der Waals surface area contributed by atoms with E-state index < -0.39 is 4.92 Å². The molecule has 0 bridgehead atoms. The van der Waals surface area contributed by atoms with Gasteiger partial charge in [-0.1, -0.05) is 29.8 Å². The van der Waals surface area contributed by atoms with E-state index in [1.807, 2.05) is 25.1 Å². The summed E-state index contributed by atoms with van der Waals surface area (Å²) in [5.41, 5.74) is 2.14. The third kappa shape index (κ3) is 5.00. The maximum absolute atomic E-state index is 11.9. The average Bonchev–Trinajstić information content (AvgIpc) is 2.49. The van der Waals surface area contributed by atoms with Gasteiger partial charge in [-0.25, -0.2) is 0 Å². The van der Waals surface area contributed by atoms with Crippen LogP contribution in [0.5, 0.6) is 5.75 Å². The largest absolute Gasteiger partial charge is 0.506 e. The first-order chi connectivity index (χ1) is 11.0. The quantitative estimate of drug-likeness (QED) is 0.480. The molecule has 23 heavy (non-hydrogen) atoms. The van der Waals surface area contributed by atoms with Crippen LogP contribution in [0.25, 0.3) is 0 Å². The van der Waals surface area contributed by atoms with Crippen molar-refractivity contribution in [3.05, 3.63) is 63.7 Å². The highest BCUT2D eigenvalue weighted by molar-refractivity contribution is 7.99. The summed E-state index contributed by atoms with van der Waals surface area (Å²) in [6.45, 7) is 2.01. The number of aryl methyl sites for hydroxylation is 1. The maximum Gasteiger partial charge on any atom is 0.271 e. The summed E-state index contributed by atoms with van der Waals surface area (Å²) in [4.78, 5) is 22.0. The molecule has 0 fully saturated rings. The SMILES string of the molecule is Cc1cccc(CSCC(=O)Nc2cc([N+](=O)[O-])ccc2O)c1. The Balaban J connectivity index is 1.90. The molecule has 0 aliphatic carbocycles. The molecule has 0 aromatic heterocycles. The highest BCUT2D eigenvalue weighted by Crippen LogP contribution is 2.28. The van der Waals surface area contributed by atoms with Gasteiger partial charge < -0.3 is 10.4 Å². The smallest absolute Gasteiger partial charge is 0.271 e. The highest BCUT2D eigenvalue weighted by Gasteiger charge is 2.12. The molecule has 6 nitrogen and oxygen atoms in total. The summed E-state index contributed by atoms with van der Waals surface area (Å²) in [7, 11) is 0. The number of nitrogens with zero attached hydrogens (tertiary/aromatic N) is 1. The number of nitro benzene ring substituents is 1. The van der Waals surface area contributed by atoms with Gasteiger partial charge in [-0.3, -0.25) is 14.9 Å². The van der Waals surface area contributed by atoms with Gasteiger partial charge in [0.2, 0.25) is 5.91 Å². The number of anilines is 1. The fourth-order valence-electron chi connectivity index (χ4n) is 1.99. The number of phenolic OH excluding ortho intramolecular Hbond substituents is 1. The fourth-order valence-corrected chi connectivity index (χ4v) is 2.76. The number of phenols is 1. The lowest BCUT2D eigenvalue weighted by Gasteiger charge is -2.07. The number of nitrogens with one attached hydrogen (secondary N) is 1. The van der Waals surface area contributed by atoms with E-state index in [0.717, 1.165) is 17.2 Å². The minimum absolute atomic E-state index is 0.0420. The lowest BCUT2D eigenvalue weighted by atomic mass is 10.2. The number of carbonyl (C=O) groups excluding carboxylic acids is 1. The number of rotatable bonds is 6. The number of aromatic hydroxyl groups is 1. The van der Waals surface area contributed by atoms with Crippen LogP contribution in [-0.4, -0.2) is 21.7 Å². The summed E-state index contributed by atoms with van der Waals surface area (Å²) >= 11 is 1.43. The number of amides is 1. The van der Waals surface area contributed by atoms with Gasteiger partial charge in [0.25, 0.3) is 5.69 Å². The van der Waals surface area contributed by atoms with Gasteiger partial charge in [0.15, 0.2) is 0 Å². The molecule has 0 saturated heterocycles. The molecule has 7 heteroatoms. The van der Waals surface area contributed by atoms with Gasteiger partial charge in [0.1, 0.15) is 5.75 Å². The third-order valence-electron chi connectivity index (χ3n) is 3.05. The Kier molecular flexibility index (Phi) is 5.59. The second-order valence-corrected chi connectivity index (χ2v) is 5.97. The van der Waals surface area contributed by atoms with Crippen LogP contribution >= 0.6 is 11.8 Å². The van der Waals surface area contributed by atoms with Crippen LogP contribution in [0.3, 0.4) is 0 Å². The molecule has 0 radical (unpaired) electrons. The van der Waals surface area contributed by atoms with E-state index in [1.165, 1.54) is 23.9 Å². The van der Waals surface area contributed by atoms with Gasteiger partial charge in [0.05, 0.1) is 16.4 Å². The van der Waals surface area contributed by atoms with Crippen molar-refractivity contribution >= 4 is 29.0 Å². The van der Waals surface area contributed by atoms with E-state index in [0.29, 0.717) is 5.75 Å². The zero-order valence-electron chi connectivity index (χ0n) is 12.5. The van der Waals surface area contributed by atoms with Gasteiger partial charge in [-0.05, 0) is 18.6 Å². The lowest BCUT2D eigenvalue weighted by molar-refractivity contribution is -0.384. The van der Waals surface area contributed by atoms with Gasteiger partial charge in [-0.15, -0.1) is 11.8 Å². The molecular weight excluding hydrogens is 316 g/mol. The third-order valence-corrected chi connectivity index (χ3v) is 4.05. The number of thioether (sulfide) groups is 1. The molecule has 0 unspecified atom stereocenters. The highest BCUT2D eigenvalue weighted by atomic mass is 32.2. The first kappa shape index (κ1) is 16.8. The molecule has 0 aliphatic rings. The van der Waals surface area contributed by atoms with Crippen molar-refractivity contribution in [2.75, 3.05) is 11.1 Å². The van der Waals surface area contributed by atoms with E-state index in [9.17, 15) is 20.0 Å². The van der Waals surface area contributed by atoms with Gasteiger partial charge in [0, 0.05) is 17.9 Å². The lowest BCUT2D eigenvalue weighted by Crippen LogP contribution is -2.14. The Morgan fingerprint density at radius 3 is 2.78 bits per heavy atom. The van der Waals surface area contributed by atoms with Gasteiger partial charge in [-0.2, -0.15) is 0 Å². The monoisotopic (exact) mass is 332 g/mol. The van der Waals surface area contributed by atoms with E-state index in [2.05, 4.69) is 11.4 Å². The molecule has 0 atom stereocenters. The van der Waals surface area contributed by atoms with Crippen molar-refractivity contribution in [2.24, 2.45) is 0 Å². The summed E-state index contributed by atoms with van der Waals surface area (Å²) in [6, 6.07) is 11.5. The van der Waals surface area contributed by atoms with E-state index in [4.69, 9.17) is 0 Å². The molecule has 2 aromatic rings. The van der Waals surface area contributed by atoms with E-state index >= 15 is 0 Å². The molecule has 120 valence electrons. The van der Waals surface area contributed by atoms with Crippen molar-refractivity contribution in [2.45, 2.75) is 12.7 Å². The number of non-ortho nitro benzene ring substituents is 1. The number of hydrogen-bond acceptors (Lipinski definition) is 5. The first-order valence-corrected chi connectivity index (χ1v) is 8.02. The Bertz CT molecular complexity index is 734. The normalized spacial score (nSPS) is 10.3. The topological polar surface area (TPSA) is 92.5 Å². The number of carbonyl (C=O) groups is 1. The molecular formula is C16H16N2O4S. The van der Waals surface area contributed by atoms with Crippen LogP contribution in [0.1, 0.15) is 11.1 Å². The van der Waals surface area contributed by atoms with Crippen molar-refractivity contribution in [3.63, 3.8) is 0 Å². The average molecular weight is 332 g/mol. The molecule has 0 heterocycles. The van der Waals surface area contributed by atoms with Crippen LogP contribution in [0.2, 0.25) is 0 Å². The number of nitro groups is 1. The van der Waals surface area contributed by atoms with Crippen LogP contribution in [-0.2, 0) is 10.5 Å². The van der Waals surface area contributed by atoms with Crippen molar-refractivity contribution in [3.8, 4) is 5.75 Å². The van der Waals surface area contributed by atoms with Crippen LogP contribution < -0.4 is 5.32 Å². The van der Waals surface area contributed by atoms with Crippen molar-refractivity contribution < 1.29 is 14.8 Å². The Hall–Kier alpha value is -2.54. The predicted octanol–water partition coefficient (Wildman–Crippen LogP) is 3.48. The number of hydrogen-bond donors (Lipinski definition) is 2. The Morgan fingerprint density at radius 2 is 2.09 bits per heavy atom. The summed E-state index contributed by atoms with van der Waals surface area (Å²) in [5.74, 6) is 0.359. The Morgan fingerprint density at radius 1 is 1.30 bits per heavy atom. The summed E-state index contributed by atoms with van der Waals surface area (Å²) in [5, 5.41) is 22.9. The minimum atomic E-state index is -0.582. The Labute approximate surface area is 137 Å². The standard InChI is InChI=1S/C16H16N2O4S/c1-11-3-2-4-12(7-11)9-23-10-16(20)17-14-8-13(18(21)22)5-6-15(14)19/h2-8,19H,9-10H2,1H3,(H,17,20). The summed E-state index contributed by atoms with van der Waals surface area (Å²) in [6.07, 6.45) is 0. The molecule has 2 rings (SSSR count). The fraction of sp³-hybridized carbons (Fsp3) is 0.188. The molecule has 1 amide bonds. The first-order valence-electron chi connectivity index (χ1n) is 6.86. The minimum Gasteiger partial charge on any atom is -0.506 e. The molecule has 0 saturated carbocycles. The van der Waals surface area contributed by atoms with Crippen LogP contribution in [0.4, 0.5) is 11.4 Å². The molecule has 0 spiro atoms. The van der Waals surface area contributed by atoms with Crippen molar-refractivity contribution in [1.29, 1.82) is 0 Å². The second kappa shape index (κ2) is 7.64. The molecule has 0 aliphatic heterocycles. The molecule has 2 N–H and O–H groups in total.